The van der Waals surface area contributed by atoms with Crippen molar-refractivity contribution in [3.63, 3.8) is 0 Å². The van der Waals surface area contributed by atoms with Gasteiger partial charge in [0, 0.05) is 12.6 Å². The molecule has 0 saturated carbocycles. The molecule has 0 unspecified atom stereocenters. The summed E-state index contributed by atoms with van der Waals surface area (Å²) >= 11 is 0. The van der Waals surface area contributed by atoms with Crippen LogP contribution in [-0.2, 0) is 22.9 Å². The Balaban J connectivity index is 1.34. The van der Waals surface area contributed by atoms with E-state index in [1.807, 2.05) is 25.1 Å². The van der Waals surface area contributed by atoms with Crippen LogP contribution in [0.5, 0.6) is 0 Å². The van der Waals surface area contributed by atoms with Crippen molar-refractivity contribution < 1.29 is 13.5 Å². The molecule has 1 saturated heterocycles. The van der Waals surface area contributed by atoms with Crippen molar-refractivity contribution in [3.8, 4) is 0 Å². The van der Waals surface area contributed by atoms with E-state index in [-0.39, 0.29) is 6.04 Å². The van der Waals surface area contributed by atoms with Crippen LogP contribution in [0.4, 0.5) is 5.69 Å². The number of piperidine rings is 1. The molecule has 0 bridgehead atoms. The van der Waals surface area contributed by atoms with E-state index in [0.717, 1.165) is 49.2 Å². The smallest absolute Gasteiger partial charge is 0.232 e. The summed E-state index contributed by atoms with van der Waals surface area (Å²) in [5, 5.41) is 10.8. The highest BCUT2D eigenvalue weighted by molar-refractivity contribution is 7.92. The third-order valence-corrected chi connectivity index (χ3v) is 7.78. The van der Waals surface area contributed by atoms with Gasteiger partial charge in [-0.05, 0) is 74.4 Å². The molecule has 1 N–H and O–H groups in total. The number of hydrogen-bond acceptors (Lipinski definition) is 4. The Morgan fingerprint density at radius 1 is 1.10 bits per heavy atom. The van der Waals surface area contributed by atoms with Crippen molar-refractivity contribution in [2.24, 2.45) is 5.92 Å². The lowest BCUT2D eigenvalue weighted by Gasteiger charge is -2.33. The minimum Gasteiger partial charge on any atom is -0.387 e. The van der Waals surface area contributed by atoms with Gasteiger partial charge in [-0.25, -0.2) is 8.42 Å². The number of β-amino-alcohol motifs (C(OH)–C–C–N with tert-alkyl or cyclic N) is 1. The lowest BCUT2D eigenvalue weighted by molar-refractivity contribution is 0.0893. The Morgan fingerprint density at radius 3 is 2.47 bits per heavy atom. The van der Waals surface area contributed by atoms with Gasteiger partial charge in [0.1, 0.15) is 0 Å². The van der Waals surface area contributed by atoms with Crippen molar-refractivity contribution in [3.05, 3.63) is 65.2 Å². The molecular formula is C24H32N2O3S. The summed E-state index contributed by atoms with van der Waals surface area (Å²) in [4.78, 5) is 2.35. The second-order valence-electron chi connectivity index (χ2n) is 8.95. The highest BCUT2D eigenvalue weighted by Gasteiger charge is 2.33. The highest BCUT2D eigenvalue weighted by Crippen LogP contribution is 2.36. The number of aliphatic hydroxyl groups excluding tert-OH is 1. The first kappa shape index (κ1) is 21.3. The molecule has 30 heavy (non-hydrogen) atoms. The van der Waals surface area contributed by atoms with Crippen molar-refractivity contribution in [1.29, 1.82) is 0 Å². The van der Waals surface area contributed by atoms with Gasteiger partial charge in [-0.3, -0.25) is 4.31 Å². The molecule has 2 heterocycles. The van der Waals surface area contributed by atoms with E-state index < -0.39 is 16.1 Å². The molecule has 0 amide bonds. The molecule has 2 aliphatic rings. The van der Waals surface area contributed by atoms with E-state index in [4.69, 9.17) is 0 Å². The van der Waals surface area contributed by atoms with Gasteiger partial charge in [-0.1, -0.05) is 42.5 Å². The number of aliphatic hydroxyl groups is 1. The van der Waals surface area contributed by atoms with Crippen molar-refractivity contribution in [2.75, 3.05) is 30.2 Å². The molecule has 2 aromatic rings. The minimum absolute atomic E-state index is 0.0777. The number of nitrogens with zero attached hydrogens (tertiary/aromatic N) is 2. The first-order valence-corrected chi connectivity index (χ1v) is 12.7. The first-order valence-electron chi connectivity index (χ1n) is 10.9. The summed E-state index contributed by atoms with van der Waals surface area (Å²) in [7, 11) is -3.29. The SMILES string of the molecule is C[C@@H]1Cc2cc([C@H](O)CN3CCC(Cc4ccccc4)CC3)ccc2N1S(C)(=O)=O. The zero-order chi connectivity index (χ0) is 21.3. The van der Waals surface area contributed by atoms with Crippen molar-refractivity contribution in [1.82, 2.24) is 4.90 Å². The minimum atomic E-state index is -3.29. The third-order valence-electron chi connectivity index (χ3n) is 6.50. The van der Waals surface area contributed by atoms with Crippen LogP contribution in [0.1, 0.15) is 42.6 Å². The fraction of sp³-hybridized carbons (Fsp3) is 0.500. The summed E-state index contributed by atoms with van der Waals surface area (Å²) in [5.74, 6) is 0.712. The van der Waals surface area contributed by atoms with E-state index in [2.05, 4.69) is 35.2 Å². The number of rotatable bonds is 6. The van der Waals surface area contributed by atoms with Crippen LogP contribution in [0.25, 0.3) is 0 Å². The van der Waals surface area contributed by atoms with Crippen LogP contribution < -0.4 is 4.31 Å². The van der Waals surface area contributed by atoms with Gasteiger partial charge in [-0.15, -0.1) is 0 Å². The Morgan fingerprint density at radius 2 is 1.80 bits per heavy atom. The quantitative estimate of drug-likeness (QED) is 0.766. The van der Waals surface area contributed by atoms with E-state index in [1.54, 1.807) is 0 Å². The number of fused-ring (bicyclic) bond motifs is 1. The molecule has 6 heteroatoms. The van der Waals surface area contributed by atoms with Gasteiger partial charge in [0.05, 0.1) is 18.0 Å². The van der Waals surface area contributed by atoms with Crippen LogP contribution in [0.2, 0.25) is 0 Å². The number of anilines is 1. The molecule has 0 radical (unpaired) electrons. The molecule has 162 valence electrons. The predicted octanol–water partition coefficient (Wildman–Crippen LogP) is 3.39. The van der Waals surface area contributed by atoms with Crippen LogP contribution in [0, 0.1) is 5.92 Å². The molecule has 0 spiro atoms. The Kier molecular flexibility index (Phi) is 6.19. The van der Waals surface area contributed by atoms with Crippen molar-refractivity contribution in [2.45, 2.75) is 44.8 Å². The standard InChI is InChI=1S/C24H32N2O3S/c1-18-14-22-16-21(8-9-23(22)26(18)30(2,28)29)24(27)17-25-12-10-20(11-13-25)15-19-6-4-3-5-7-19/h3-9,16,18,20,24,27H,10-15,17H2,1-2H3/t18-,24-/m1/s1. The van der Waals surface area contributed by atoms with Gasteiger partial charge in [0.15, 0.2) is 0 Å². The van der Waals surface area contributed by atoms with E-state index in [0.29, 0.717) is 18.9 Å². The highest BCUT2D eigenvalue weighted by atomic mass is 32.2. The summed E-state index contributed by atoms with van der Waals surface area (Å²) in [6, 6.07) is 16.3. The lowest BCUT2D eigenvalue weighted by atomic mass is 9.90. The van der Waals surface area contributed by atoms with Crippen LogP contribution in [0.3, 0.4) is 0 Å². The predicted molar refractivity (Wildman–Crippen MR) is 121 cm³/mol. The zero-order valence-corrected chi connectivity index (χ0v) is 18.7. The van der Waals surface area contributed by atoms with Crippen molar-refractivity contribution >= 4 is 15.7 Å². The molecule has 4 rings (SSSR count). The van der Waals surface area contributed by atoms with Crippen LogP contribution >= 0.6 is 0 Å². The number of hydrogen-bond donors (Lipinski definition) is 1. The number of benzene rings is 2. The average molecular weight is 429 g/mol. The van der Waals surface area contributed by atoms with Gasteiger partial charge >= 0.3 is 0 Å². The molecule has 1 fully saturated rings. The van der Waals surface area contributed by atoms with Gasteiger partial charge in [0.25, 0.3) is 0 Å². The average Bonchev–Trinajstić information content (AvgIpc) is 3.05. The second-order valence-corrected chi connectivity index (χ2v) is 10.8. The van der Waals surface area contributed by atoms with Gasteiger partial charge in [-0.2, -0.15) is 0 Å². The molecule has 2 aliphatic heterocycles. The monoisotopic (exact) mass is 428 g/mol. The summed E-state index contributed by atoms with van der Waals surface area (Å²) in [6.45, 7) is 4.58. The molecular weight excluding hydrogens is 396 g/mol. The van der Waals surface area contributed by atoms with E-state index in [1.165, 1.54) is 16.1 Å². The molecule has 5 nitrogen and oxygen atoms in total. The van der Waals surface area contributed by atoms with Crippen LogP contribution in [0.15, 0.2) is 48.5 Å². The maximum absolute atomic E-state index is 12.1. The molecule has 0 aromatic heterocycles. The Hall–Kier alpha value is -1.89. The molecule has 2 aromatic carbocycles. The van der Waals surface area contributed by atoms with Crippen LogP contribution in [-0.4, -0.2) is 50.4 Å². The Bertz CT molecular complexity index is 969. The Labute approximate surface area is 180 Å². The number of likely N-dealkylation sites (tertiary alicyclic amines) is 1. The topological polar surface area (TPSA) is 60.9 Å². The van der Waals surface area contributed by atoms with E-state index in [9.17, 15) is 13.5 Å². The summed E-state index contributed by atoms with van der Waals surface area (Å²) < 4.78 is 25.7. The lowest BCUT2D eigenvalue weighted by Crippen LogP contribution is -2.37. The zero-order valence-electron chi connectivity index (χ0n) is 17.9. The largest absolute Gasteiger partial charge is 0.387 e. The second kappa shape index (κ2) is 8.69. The number of sulfonamides is 1. The van der Waals surface area contributed by atoms with E-state index >= 15 is 0 Å². The third kappa shape index (κ3) is 4.71. The van der Waals surface area contributed by atoms with Gasteiger partial charge in [0.2, 0.25) is 10.0 Å². The fourth-order valence-electron chi connectivity index (χ4n) is 5.01. The normalized spacial score (nSPS) is 21.6. The summed E-state index contributed by atoms with van der Waals surface area (Å²) in [6.07, 6.45) is 4.84. The maximum atomic E-state index is 12.1. The fourth-order valence-corrected chi connectivity index (χ4v) is 6.27. The first-order chi connectivity index (χ1) is 14.3. The van der Waals surface area contributed by atoms with Gasteiger partial charge < -0.3 is 10.0 Å². The molecule has 2 atom stereocenters. The summed E-state index contributed by atoms with van der Waals surface area (Å²) in [5.41, 5.74) is 4.04. The molecule has 0 aliphatic carbocycles. The maximum Gasteiger partial charge on any atom is 0.232 e.